The number of carbonyl (C=O) groups is 3. The first-order chi connectivity index (χ1) is 20.0. The van der Waals surface area contributed by atoms with Crippen LogP contribution < -0.4 is 19.1 Å². The predicted octanol–water partition coefficient (Wildman–Crippen LogP) is 6.07. The molecule has 0 radical (unpaired) electrons. The van der Waals surface area contributed by atoms with E-state index in [1.165, 1.54) is 21.3 Å². The van der Waals surface area contributed by atoms with Gasteiger partial charge in [-0.2, -0.15) is 0 Å². The van der Waals surface area contributed by atoms with Gasteiger partial charge in [-0.3, -0.25) is 14.4 Å². The molecule has 0 aromatic heterocycles. The van der Waals surface area contributed by atoms with Gasteiger partial charge in [-0.05, 0) is 30.7 Å². The van der Waals surface area contributed by atoms with Gasteiger partial charge in [0.05, 0.1) is 33.4 Å². The van der Waals surface area contributed by atoms with Gasteiger partial charge in [-0.25, -0.2) is 0 Å². The molecule has 7 nitrogen and oxygen atoms in total. The summed E-state index contributed by atoms with van der Waals surface area (Å²) in [6.07, 6.45) is 3.90. The third-order valence-electron chi connectivity index (χ3n) is 9.04. The summed E-state index contributed by atoms with van der Waals surface area (Å²) in [6, 6.07) is 15.0. The zero-order chi connectivity index (χ0) is 30.1. The maximum Gasteiger partial charge on any atom is 0.203 e. The molecule has 1 aliphatic carbocycles. The minimum absolute atomic E-state index is 0.0791. The first-order valence-corrected chi connectivity index (χ1v) is 14.1. The number of anilines is 1. The van der Waals surface area contributed by atoms with E-state index in [1.54, 1.807) is 36.4 Å². The topological polar surface area (TPSA) is 82.1 Å². The second-order valence-corrected chi connectivity index (χ2v) is 12.3. The van der Waals surface area contributed by atoms with Crippen LogP contribution >= 0.6 is 0 Å². The van der Waals surface area contributed by atoms with Gasteiger partial charge in [-0.1, -0.05) is 74.9 Å². The first kappa shape index (κ1) is 27.8. The average molecular weight is 566 g/mol. The van der Waals surface area contributed by atoms with Crippen LogP contribution in [0.25, 0.3) is 6.08 Å². The Labute approximate surface area is 246 Å². The Balaban J connectivity index is 1.75. The highest BCUT2D eigenvalue weighted by molar-refractivity contribution is 6.32. The molecule has 1 fully saturated rings. The molecule has 3 atom stereocenters. The average Bonchev–Trinajstić information content (AvgIpc) is 3.40. The molecule has 0 N–H and O–H groups in total. The molecule has 0 saturated carbocycles. The van der Waals surface area contributed by atoms with Crippen molar-refractivity contribution in [2.45, 2.75) is 45.7 Å². The quantitative estimate of drug-likeness (QED) is 0.347. The van der Waals surface area contributed by atoms with Gasteiger partial charge in [0.15, 0.2) is 28.8 Å². The number of Topliss-reactive ketones (excluding diaryl/α,β-unsaturated/α-hetero) is 3. The van der Waals surface area contributed by atoms with Crippen molar-refractivity contribution in [2.24, 2.45) is 10.8 Å². The summed E-state index contributed by atoms with van der Waals surface area (Å²) in [4.78, 5) is 46.4. The van der Waals surface area contributed by atoms with E-state index in [-0.39, 0.29) is 17.3 Å². The Hall–Kier alpha value is -4.39. The van der Waals surface area contributed by atoms with E-state index >= 15 is 0 Å². The van der Waals surface area contributed by atoms with Gasteiger partial charge in [0.2, 0.25) is 5.75 Å². The number of ketones is 3. The molecule has 6 rings (SSSR count). The van der Waals surface area contributed by atoms with Crippen molar-refractivity contribution in [1.29, 1.82) is 0 Å². The molecule has 2 heterocycles. The number of carbonyl (C=O) groups excluding carboxylic acids is 3. The Morgan fingerprint density at radius 3 is 2.07 bits per heavy atom. The van der Waals surface area contributed by atoms with Crippen molar-refractivity contribution in [1.82, 2.24) is 0 Å². The van der Waals surface area contributed by atoms with Crippen molar-refractivity contribution in [3.05, 3.63) is 88.5 Å². The van der Waals surface area contributed by atoms with Gasteiger partial charge in [0, 0.05) is 33.7 Å². The van der Waals surface area contributed by atoms with Crippen molar-refractivity contribution >= 4 is 29.1 Å². The second kappa shape index (κ2) is 9.58. The van der Waals surface area contributed by atoms with E-state index in [4.69, 9.17) is 14.2 Å². The van der Waals surface area contributed by atoms with E-state index in [0.717, 1.165) is 16.8 Å². The molecule has 1 spiro atoms. The maximum atomic E-state index is 14.8. The van der Waals surface area contributed by atoms with Crippen molar-refractivity contribution < 1.29 is 28.6 Å². The fourth-order valence-electron chi connectivity index (χ4n) is 7.25. The van der Waals surface area contributed by atoms with Crippen LogP contribution in [0.1, 0.15) is 64.1 Å². The highest BCUT2D eigenvalue weighted by Gasteiger charge is 2.72. The third-order valence-corrected chi connectivity index (χ3v) is 9.04. The number of fused-ring (bicyclic) bond motifs is 5. The van der Waals surface area contributed by atoms with E-state index in [1.807, 2.05) is 56.9 Å². The van der Waals surface area contributed by atoms with Gasteiger partial charge in [0.1, 0.15) is 5.41 Å². The van der Waals surface area contributed by atoms with Crippen LogP contribution in [0, 0.1) is 17.8 Å². The molecule has 3 aromatic carbocycles. The highest BCUT2D eigenvalue weighted by atomic mass is 16.5. The Bertz CT molecular complexity index is 1640. The monoisotopic (exact) mass is 565 g/mol. The molecular weight excluding hydrogens is 530 g/mol. The molecule has 0 bridgehead atoms. The Morgan fingerprint density at radius 1 is 0.857 bits per heavy atom. The van der Waals surface area contributed by atoms with Crippen LogP contribution in [0.15, 0.2) is 60.7 Å². The van der Waals surface area contributed by atoms with Crippen LogP contribution in [0.5, 0.6) is 17.2 Å². The summed E-state index contributed by atoms with van der Waals surface area (Å²) in [7, 11) is 4.56. The van der Waals surface area contributed by atoms with Crippen molar-refractivity contribution in [2.75, 3.05) is 26.2 Å². The fraction of sp³-hybridized carbons (Fsp3) is 0.343. The number of rotatable bonds is 5. The molecular formula is C35H35NO6. The molecule has 42 heavy (non-hydrogen) atoms. The normalized spacial score (nSPS) is 21.7. The number of ether oxygens (including phenoxy) is 3. The lowest BCUT2D eigenvalue weighted by Crippen LogP contribution is -2.49. The summed E-state index contributed by atoms with van der Waals surface area (Å²) in [5.74, 6) is -0.444. The SMILES string of the molecule is COc1ccc(C2C(C(=O)C(C)(C)C)N3c4ccc(C)cc4C=CC3C23C(=O)c2ccccc2C3=O)c(OC)c1OC. The predicted molar refractivity (Wildman–Crippen MR) is 161 cm³/mol. The molecule has 7 heteroatoms. The highest BCUT2D eigenvalue weighted by Crippen LogP contribution is 2.63. The zero-order valence-corrected chi connectivity index (χ0v) is 25.0. The molecule has 0 amide bonds. The van der Waals surface area contributed by atoms with Gasteiger partial charge >= 0.3 is 0 Å². The smallest absolute Gasteiger partial charge is 0.203 e. The first-order valence-electron chi connectivity index (χ1n) is 14.1. The van der Waals surface area contributed by atoms with Crippen LogP contribution in [-0.4, -0.2) is 50.8 Å². The lowest BCUT2D eigenvalue weighted by atomic mass is 9.63. The number of hydrogen-bond acceptors (Lipinski definition) is 7. The summed E-state index contributed by atoms with van der Waals surface area (Å²) in [5, 5.41) is 0. The summed E-state index contributed by atoms with van der Waals surface area (Å²) in [6.45, 7) is 7.64. The molecule has 3 aromatic rings. The molecule has 3 unspecified atom stereocenters. The van der Waals surface area contributed by atoms with Crippen LogP contribution in [0.2, 0.25) is 0 Å². The molecule has 2 aliphatic heterocycles. The number of nitrogens with zero attached hydrogens (tertiary/aromatic N) is 1. The fourth-order valence-corrected chi connectivity index (χ4v) is 7.25. The standard InChI is InChI=1S/C35H35NO6/c1-19-12-15-24-20(18-19)13-17-26-35(31(37)21-10-8-9-11-22(21)32(35)38)27(28(36(24)26)33(39)34(2,3)4)23-14-16-25(40-5)30(42-7)29(23)41-6/h8-18,26-28H,1-7H3. The lowest BCUT2D eigenvalue weighted by Gasteiger charge is -2.38. The van der Waals surface area contributed by atoms with E-state index in [0.29, 0.717) is 33.9 Å². The molecule has 3 aliphatic rings. The van der Waals surface area contributed by atoms with Crippen molar-refractivity contribution in [3.63, 3.8) is 0 Å². The van der Waals surface area contributed by atoms with Crippen LogP contribution in [0.3, 0.4) is 0 Å². The van der Waals surface area contributed by atoms with Crippen LogP contribution in [-0.2, 0) is 4.79 Å². The number of benzene rings is 3. The van der Waals surface area contributed by atoms with Crippen molar-refractivity contribution in [3.8, 4) is 17.2 Å². The minimum atomic E-state index is -1.62. The second-order valence-electron chi connectivity index (χ2n) is 12.3. The maximum absolute atomic E-state index is 14.8. The molecule has 216 valence electrons. The summed E-state index contributed by atoms with van der Waals surface area (Å²) in [5.41, 5.74) is 1.70. The van der Waals surface area contributed by atoms with E-state index in [2.05, 4.69) is 6.07 Å². The van der Waals surface area contributed by atoms with E-state index < -0.39 is 28.8 Å². The van der Waals surface area contributed by atoms with Gasteiger partial charge < -0.3 is 19.1 Å². The largest absolute Gasteiger partial charge is 0.493 e. The third kappa shape index (κ3) is 3.55. The van der Waals surface area contributed by atoms with Gasteiger partial charge in [0.25, 0.3) is 0 Å². The summed E-state index contributed by atoms with van der Waals surface area (Å²) >= 11 is 0. The summed E-state index contributed by atoms with van der Waals surface area (Å²) < 4.78 is 17.3. The number of methoxy groups -OCH3 is 3. The Morgan fingerprint density at radius 2 is 1.50 bits per heavy atom. The molecule has 1 saturated heterocycles. The van der Waals surface area contributed by atoms with E-state index in [9.17, 15) is 14.4 Å². The van der Waals surface area contributed by atoms with Gasteiger partial charge in [-0.15, -0.1) is 0 Å². The Kier molecular flexibility index (Phi) is 6.33. The lowest BCUT2D eigenvalue weighted by molar-refractivity contribution is -0.127. The van der Waals surface area contributed by atoms with Crippen LogP contribution in [0.4, 0.5) is 5.69 Å². The minimum Gasteiger partial charge on any atom is -0.493 e. The number of aryl methyl sites for hydroxylation is 1. The zero-order valence-electron chi connectivity index (χ0n) is 25.0. The number of hydrogen-bond donors (Lipinski definition) is 0.